The van der Waals surface area contributed by atoms with Gasteiger partial charge in [0.1, 0.15) is 67.1 Å². The van der Waals surface area contributed by atoms with E-state index in [-0.39, 0.29) is 0 Å². The maximum Gasteiger partial charge on any atom is 0.217 e. The van der Waals surface area contributed by atoms with Crippen LogP contribution in [0.1, 0.15) is 13.8 Å². The molecule has 3 heterocycles. The van der Waals surface area contributed by atoms with Crippen molar-refractivity contribution in [3.05, 3.63) is 0 Å². The first-order valence-electron chi connectivity index (χ1n) is 11.4. The molecule has 16 nitrogen and oxygen atoms in total. The van der Waals surface area contributed by atoms with Gasteiger partial charge < -0.3 is 75.0 Å². The highest BCUT2D eigenvalue weighted by atomic mass is 16.7. The van der Waals surface area contributed by atoms with Gasteiger partial charge in [-0.3, -0.25) is 4.79 Å². The molecule has 36 heavy (non-hydrogen) atoms. The molecule has 1 amide bonds. The Morgan fingerprint density at radius 3 is 1.81 bits per heavy atom. The van der Waals surface area contributed by atoms with Crippen molar-refractivity contribution in [3.63, 3.8) is 0 Å². The van der Waals surface area contributed by atoms with Crippen LogP contribution in [0.3, 0.4) is 0 Å². The standard InChI is InChI=1S/C20H35NO15/c1-5-10(25)12(27)14(29)19(32-5)36-17-9(21-6(2)24)18(31)33-8(4-23)16(17)35-20-15(30)13(28)11(26)7(3-22)34-20/h5,7-20,22-23,25-31H,3-4H2,1-2H3,(H,21,24)/t5-,7+,8-,9+,10+,11-,12+,13-,14+,15-,16+,17-,18-,19+,20-/m1/s1. The van der Waals surface area contributed by atoms with Gasteiger partial charge in [0.15, 0.2) is 18.9 Å². The molecule has 3 aliphatic heterocycles. The predicted molar refractivity (Wildman–Crippen MR) is 111 cm³/mol. The number of carbonyl (C=O) groups excluding carboxylic acids is 1. The van der Waals surface area contributed by atoms with Crippen molar-refractivity contribution >= 4 is 5.91 Å². The summed E-state index contributed by atoms with van der Waals surface area (Å²) in [6.07, 6.45) is -22.0. The smallest absolute Gasteiger partial charge is 0.217 e. The second-order valence-electron chi connectivity index (χ2n) is 9.05. The molecular formula is C20H35NO15. The molecule has 3 aliphatic rings. The van der Waals surface area contributed by atoms with Crippen LogP contribution in [0.5, 0.6) is 0 Å². The molecule has 0 saturated carbocycles. The maximum absolute atomic E-state index is 11.8. The van der Waals surface area contributed by atoms with Crippen LogP contribution >= 0.6 is 0 Å². The summed E-state index contributed by atoms with van der Waals surface area (Å²) in [4.78, 5) is 11.8. The molecule has 0 unspecified atom stereocenters. The van der Waals surface area contributed by atoms with Crippen LogP contribution in [0.2, 0.25) is 0 Å². The van der Waals surface area contributed by atoms with E-state index >= 15 is 0 Å². The summed E-state index contributed by atoms with van der Waals surface area (Å²) in [5.41, 5.74) is 0. The Bertz CT molecular complexity index is 729. The number of hydrogen-bond donors (Lipinski definition) is 10. The fourth-order valence-electron chi connectivity index (χ4n) is 4.40. The van der Waals surface area contributed by atoms with E-state index in [1.807, 2.05) is 0 Å². The maximum atomic E-state index is 11.8. The van der Waals surface area contributed by atoms with E-state index in [4.69, 9.17) is 23.7 Å². The molecule has 3 saturated heterocycles. The van der Waals surface area contributed by atoms with Gasteiger partial charge in [-0.05, 0) is 6.92 Å². The van der Waals surface area contributed by atoms with Crippen molar-refractivity contribution in [1.29, 1.82) is 0 Å². The van der Waals surface area contributed by atoms with Crippen LogP contribution in [0.15, 0.2) is 0 Å². The summed E-state index contributed by atoms with van der Waals surface area (Å²) in [5, 5.41) is 93.2. The highest BCUT2D eigenvalue weighted by Gasteiger charge is 2.54. The van der Waals surface area contributed by atoms with Crippen molar-refractivity contribution in [3.8, 4) is 0 Å². The van der Waals surface area contributed by atoms with Crippen LogP contribution in [0.4, 0.5) is 0 Å². The zero-order valence-electron chi connectivity index (χ0n) is 19.5. The van der Waals surface area contributed by atoms with Crippen LogP contribution in [0.25, 0.3) is 0 Å². The molecule has 3 fully saturated rings. The average molecular weight is 529 g/mol. The number of ether oxygens (including phenoxy) is 5. The van der Waals surface area contributed by atoms with Gasteiger partial charge in [0.25, 0.3) is 0 Å². The molecule has 15 atom stereocenters. The molecule has 3 rings (SSSR count). The summed E-state index contributed by atoms with van der Waals surface area (Å²) >= 11 is 0. The molecule has 210 valence electrons. The van der Waals surface area contributed by atoms with E-state index in [1.54, 1.807) is 0 Å². The number of hydrogen-bond acceptors (Lipinski definition) is 15. The zero-order chi connectivity index (χ0) is 26.9. The largest absolute Gasteiger partial charge is 0.394 e. The van der Waals surface area contributed by atoms with Gasteiger partial charge in [0.05, 0.1) is 19.3 Å². The Kier molecular flexibility index (Phi) is 9.97. The number of aliphatic hydroxyl groups is 9. The lowest BCUT2D eigenvalue weighted by atomic mass is 9.94. The van der Waals surface area contributed by atoms with Crippen LogP contribution in [-0.4, -0.2) is 157 Å². The first-order valence-corrected chi connectivity index (χ1v) is 11.4. The summed E-state index contributed by atoms with van der Waals surface area (Å²) in [7, 11) is 0. The lowest BCUT2D eigenvalue weighted by Gasteiger charge is -2.49. The van der Waals surface area contributed by atoms with Gasteiger partial charge in [-0.15, -0.1) is 0 Å². The Morgan fingerprint density at radius 1 is 0.722 bits per heavy atom. The van der Waals surface area contributed by atoms with E-state index < -0.39 is 111 Å². The minimum atomic E-state index is -1.85. The van der Waals surface area contributed by atoms with Gasteiger partial charge in [-0.2, -0.15) is 0 Å². The van der Waals surface area contributed by atoms with E-state index in [0.717, 1.165) is 6.92 Å². The summed E-state index contributed by atoms with van der Waals surface area (Å²) in [5.74, 6) is -0.640. The lowest BCUT2D eigenvalue weighted by Crippen LogP contribution is -2.69. The highest BCUT2D eigenvalue weighted by Crippen LogP contribution is 2.32. The third-order valence-corrected chi connectivity index (χ3v) is 6.45. The third kappa shape index (κ3) is 5.97. The second-order valence-corrected chi connectivity index (χ2v) is 9.05. The Labute approximate surface area is 205 Å². The van der Waals surface area contributed by atoms with Crippen LogP contribution in [0, 0.1) is 0 Å². The van der Waals surface area contributed by atoms with Gasteiger partial charge >= 0.3 is 0 Å². The van der Waals surface area contributed by atoms with E-state index in [1.165, 1.54) is 6.92 Å². The Hall–Kier alpha value is -1.09. The SMILES string of the molecule is CC(=O)N[C@H]1[C@@H](O[C@@H]2O[C@H](C)[C@H](O)[C@H](O)[C@@H]2O)[C@@H](O[C@H]2O[C@@H](CO)[C@@H](O)[C@@H](O)[C@H]2O)[C@@H](CO)O[C@H]1O. The molecule has 10 N–H and O–H groups in total. The van der Waals surface area contributed by atoms with Gasteiger partial charge in [-0.25, -0.2) is 0 Å². The van der Waals surface area contributed by atoms with Crippen molar-refractivity contribution in [2.75, 3.05) is 13.2 Å². The zero-order valence-corrected chi connectivity index (χ0v) is 19.5. The van der Waals surface area contributed by atoms with Crippen LogP contribution < -0.4 is 5.32 Å². The van der Waals surface area contributed by atoms with Crippen LogP contribution in [-0.2, 0) is 28.5 Å². The van der Waals surface area contributed by atoms with Crippen molar-refractivity contribution < 1.29 is 74.4 Å². The topological polar surface area (TPSA) is 257 Å². The minimum Gasteiger partial charge on any atom is -0.394 e. The van der Waals surface area contributed by atoms with Crippen molar-refractivity contribution in [2.45, 2.75) is 106 Å². The lowest BCUT2D eigenvalue weighted by molar-refractivity contribution is -0.370. The molecule has 0 radical (unpaired) electrons. The first-order chi connectivity index (χ1) is 16.9. The quantitative estimate of drug-likeness (QED) is 0.147. The Balaban J connectivity index is 1.92. The molecule has 0 aromatic carbocycles. The summed E-state index contributed by atoms with van der Waals surface area (Å²) in [6.45, 7) is 1.00. The average Bonchev–Trinajstić information content (AvgIpc) is 2.84. The fourth-order valence-corrected chi connectivity index (χ4v) is 4.40. The molecule has 0 aliphatic carbocycles. The predicted octanol–water partition coefficient (Wildman–Crippen LogP) is -6.40. The second kappa shape index (κ2) is 12.2. The molecular weight excluding hydrogens is 494 g/mol. The van der Waals surface area contributed by atoms with Gasteiger partial charge in [-0.1, -0.05) is 0 Å². The monoisotopic (exact) mass is 529 g/mol. The normalized spacial score (nSPS) is 50.0. The first kappa shape index (κ1) is 29.5. The fraction of sp³-hybridized carbons (Fsp3) is 0.950. The van der Waals surface area contributed by atoms with Crippen molar-refractivity contribution in [2.24, 2.45) is 0 Å². The van der Waals surface area contributed by atoms with E-state index in [9.17, 15) is 50.8 Å². The highest BCUT2D eigenvalue weighted by molar-refractivity contribution is 5.73. The number of nitrogens with one attached hydrogen (secondary N) is 1. The minimum absolute atomic E-state index is 0.640. The van der Waals surface area contributed by atoms with Crippen molar-refractivity contribution in [1.82, 2.24) is 5.32 Å². The number of aliphatic hydroxyl groups excluding tert-OH is 9. The summed E-state index contributed by atoms with van der Waals surface area (Å²) in [6, 6.07) is -1.41. The third-order valence-electron chi connectivity index (χ3n) is 6.45. The molecule has 0 bridgehead atoms. The Morgan fingerprint density at radius 2 is 1.25 bits per heavy atom. The number of carbonyl (C=O) groups is 1. The molecule has 0 aromatic rings. The van der Waals surface area contributed by atoms with E-state index in [0.29, 0.717) is 0 Å². The molecule has 16 heteroatoms. The van der Waals surface area contributed by atoms with Gasteiger partial charge in [0, 0.05) is 6.92 Å². The van der Waals surface area contributed by atoms with E-state index in [2.05, 4.69) is 5.32 Å². The molecule has 0 spiro atoms. The summed E-state index contributed by atoms with van der Waals surface area (Å²) < 4.78 is 27.7. The van der Waals surface area contributed by atoms with Gasteiger partial charge in [0.2, 0.25) is 5.91 Å². The number of amides is 1. The number of rotatable bonds is 7. The molecule has 0 aromatic heterocycles.